The number of likely N-dealkylation sites (tertiary alicyclic amines) is 2. The fraction of sp³-hybridized carbons (Fsp3) is 0.773. The third-order valence-corrected chi connectivity index (χ3v) is 4.62. The number of halogens is 2. The summed E-state index contributed by atoms with van der Waals surface area (Å²) in [6.07, 6.45) is -2.35. The molecule has 2 aliphatic rings. The van der Waals surface area contributed by atoms with Crippen LogP contribution < -0.4 is 0 Å². The standard InChI is InChI=1S/C11H17F2NO4.C11H17NO5/c1-10(2,3)18-9(16)14-6-11(12,13)5-7(14)8(15)17-4;1-11(2,3)17-10(15)12-6-7(13)5-8(12)9(14)16-4/h7H,5-6H2,1-4H3;8H,5-6H2,1-4H3. The maximum Gasteiger partial charge on any atom is 0.411 e. The van der Waals surface area contributed by atoms with Gasteiger partial charge >= 0.3 is 24.1 Å². The molecule has 2 atom stereocenters. The van der Waals surface area contributed by atoms with Gasteiger partial charge in [0.2, 0.25) is 0 Å². The van der Waals surface area contributed by atoms with E-state index in [2.05, 4.69) is 9.47 Å². The Hall–Kier alpha value is -2.99. The van der Waals surface area contributed by atoms with E-state index in [1.54, 1.807) is 41.5 Å². The summed E-state index contributed by atoms with van der Waals surface area (Å²) in [4.78, 5) is 59.4. The van der Waals surface area contributed by atoms with Crippen LogP contribution in [0.4, 0.5) is 18.4 Å². The van der Waals surface area contributed by atoms with Crippen LogP contribution in [0.25, 0.3) is 0 Å². The summed E-state index contributed by atoms with van der Waals surface area (Å²) in [6.45, 7) is 9.07. The fourth-order valence-electron chi connectivity index (χ4n) is 3.23. The minimum absolute atomic E-state index is 0.00802. The van der Waals surface area contributed by atoms with Crippen LogP contribution in [0.3, 0.4) is 0 Å². The molecule has 13 heteroatoms. The number of amides is 2. The van der Waals surface area contributed by atoms with Crippen LogP contribution in [0.5, 0.6) is 0 Å². The van der Waals surface area contributed by atoms with Gasteiger partial charge in [-0.3, -0.25) is 14.6 Å². The molecule has 2 fully saturated rings. The van der Waals surface area contributed by atoms with Crippen LogP contribution in [0.1, 0.15) is 54.4 Å². The van der Waals surface area contributed by atoms with Gasteiger partial charge in [0.25, 0.3) is 5.92 Å². The van der Waals surface area contributed by atoms with E-state index in [0.29, 0.717) is 0 Å². The molecule has 11 nitrogen and oxygen atoms in total. The van der Waals surface area contributed by atoms with E-state index in [0.717, 1.165) is 16.9 Å². The van der Waals surface area contributed by atoms with Crippen LogP contribution in [0.2, 0.25) is 0 Å². The maximum absolute atomic E-state index is 13.3. The van der Waals surface area contributed by atoms with Crippen molar-refractivity contribution in [2.75, 3.05) is 27.3 Å². The lowest BCUT2D eigenvalue weighted by Gasteiger charge is -2.26. The molecule has 35 heavy (non-hydrogen) atoms. The van der Waals surface area contributed by atoms with Gasteiger partial charge in [-0.15, -0.1) is 0 Å². The Kier molecular flexibility index (Phi) is 9.58. The predicted octanol–water partition coefficient (Wildman–Crippen LogP) is 2.54. The zero-order chi connectivity index (χ0) is 27.4. The number of ketones is 1. The number of carbonyl (C=O) groups excluding carboxylic acids is 5. The molecule has 2 aliphatic heterocycles. The highest BCUT2D eigenvalue weighted by Gasteiger charge is 2.51. The summed E-state index contributed by atoms with van der Waals surface area (Å²) in [6, 6.07) is -2.15. The number of methoxy groups -OCH3 is 2. The van der Waals surface area contributed by atoms with Crippen LogP contribution >= 0.6 is 0 Å². The number of carbonyl (C=O) groups is 5. The van der Waals surface area contributed by atoms with Crippen LogP contribution in [-0.4, -0.2) is 96.2 Å². The van der Waals surface area contributed by atoms with Crippen LogP contribution in [0, 0.1) is 0 Å². The van der Waals surface area contributed by atoms with Gasteiger partial charge in [0.1, 0.15) is 23.3 Å². The summed E-state index contributed by atoms with van der Waals surface area (Å²) in [5.74, 6) is -4.73. The van der Waals surface area contributed by atoms with Gasteiger partial charge in [0.05, 0.1) is 27.3 Å². The van der Waals surface area contributed by atoms with E-state index in [1.807, 2.05) is 0 Å². The van der Waals surface area contributed by atoms with Gasteiger partial charge in [0.15, 0.2) is 5.78 Å². The maximum atomic E-state index is 13.3. The quantitative estimate of drug-likeness (QED) is 0.408. The molecule has 2 unspecified atom stereocenters. The largest absolute Gasteiger partial charge is 0.467 e. The molecular weight excluding hydrogens is 474 g/mol. The van der Waals surface area contributed by atoms with Crippen LogP contribution in [-0.2, 0) is 33.3 Å². The lowest BCUT2D eigenvalue weighted by Crippen LogP contribution is -2.44. The molecule has 0 radical (unpaired) electrons. The zero-order valence-electron chi connectivity index (χ0n) is 21.3. The van der Waals surface area contributed by atoms with Gasteiger partial charge in [-0.2, -0.15) is 0 Å². The number of ether oxygens (including phenoxy) is 4. The molecule has 0 spiro atoms. The van der Waals surface area contributed by atoms with Crippen molar-refractivity contribution >= 4 is 29.9 Å². The van der Waals surface area contributed by atoms with Gasteiger partial charge in [-0.25, -0.2) is 28.0 Å². The average molecular weight is 509 g/mol. The normalized spacial score (nSPS) is 21.6. The molecule has 2 amide bonds. The first kappa shape index (κ1) is 30.0. The first-order chi connectivity index (χ1) is 15.8. The van der Waals surface area contributed by atoms with Crippen molar-refractivity contribution in [1.82, 2.24) is 9.80 Å². The number of alkyl halides is 2. The van der Waals surface area contributed by atoms with Gasteiger partial charge in [0, 0.05) is 12.8 Å². The molecule has 0 aromatic heterocycles. The Morgan fingerprint density at radius 1 is 0.829 bits per heavy atom. The Morgan fingerprint density at radius 2 is 1.26 bits per heavy atom. The molecule has 2 heterocycles. The molecule has 0 bridgehead atoms. The molecule has 0 saturated carbocycles. The molecule has 0 aliphatic carbocycles. The Bertz CT molecular complexity index is 834. The van der Waals surface area contributed by atoms with E-state index in [1.165, 1.54) is 7.11 Å². The molecule has 0 aromatic rings. The SMILES string of the molecule is COC(=O)C1CC(=O)CN1C(=O)OC(C)(C)C.COC(=O)C1CC(F)(F)CN1C(=O)OC(C)(C)C. The lowest BCUT2D eigenvalue weighted by atomic mass is 10.2. The van der Waals surface area contributed by atoms with E-state index in [4.69, 9.17) is 9.47 Å². The van der Waals surface area contributed by atoms with Crippen molar-refractivity contribution in [2.24, 2.45) is 0 Å². The summed E-state index contributed by atoms with van der Waals surface area (Å²) in [7, 11) is 2.31. The number of hydrogen-bond acceptors (Lipinski definition) is 9. The van der Waals surface area contributed by atoms with Crippen molar-refractivity contribution in [3.8, 4) is 0 Å². The Labute approximate surface area is 203 Å². The number of Topliss-reactive ketones (excluding diaryl/α,β-unsaturated/α-hetero) is 1. The Morgan fingerprint density at radius 3 is 1.69 bits per heavy atom. The molecule has 0 aromatic carbocycles. The van der Waals surface area contributed by atoms with Gasteiger partial charge in [-0.05, 0) is 41.5 Å². The van der Waals surface area contributed by atoms with Gasteiger partial charge < -0.3 is 18.9 Å². The second kappa shape index (κ2) is 11.2. The summed E-state index contributed by atoms with van der Waals surface area (Å²) in [5, 5.41) is 0. The summed E-state index contributed by atoms with van der Waals surface area (Å²) < 4.78 is 45.6. The van der Waals surface area contributed by atoms with E-state index < -0.39 is 66.3 Å². The highest BCUT2D eigenvalue weighted by molar-refractivity contribution is 5.95. The number of nitrogens with zero attached hydrogens (tertiary/aromatic N) is 2. The summed E-state index contributed by atoms with van der Waals surface area (Å²) in [5.41, 5.74) is -1.47. The number of esters is 2. The smallest absolute Gasteiger partial charge is 0.411 e. The van der Waals surface area contributed by atoms with Crippen LogP contribution in [0.15, 0.2) is 0 Å². The summed E-state index contributed by atoms with van der Waals surface area (Å²) >= 11 is 0. The topological polar surface area (TPSA) is 129 Å². The molecular formula is C22H34F2N2O9. The minimum atomic E-state index is -3.10. The van der Waals surface area contributed by atoms with Crippen molar-refractivity contribution in [1.29, 1.82) is 0 Å². The third kappa shape index (κ3) is 9.29. The number of rotatable bonds is 2. The monoisotopic (exact) mass is 508 g/mol. The molecule has 200 valence electrons. The van der Waals surface area contributed by atoms with E-state index >= 15 is 0 Å². The highest BCUT2D eigenvalue weighted by atomic mass is 19.3. The van der Waals surface area contributed by atoms with Crippen molar-refractivity contribution in [3.05, 3.63) is 0 Å². The number of hydrogen-bond donors (Lipinski definition) is 0. The average Bonchev–Trinajstić information content (AvgIpc) is 3.24. The molecule has 0 N–H and O–H groups in total. The fourth-order valence-corrected chi connectivity index (χ4v) is 3.23. The van der Waals surface area contributed by atoms with E-state index in [-0.39, 0.29) is 18.7 Å². The zero-order valence-corrected chi connectivity index (χ0v) is 21.3. The molecule has 2 saturated heterocycles. The van der Waals surface area contributed by atoms with E-state index in [9.17, 15) is 32.8 Å². The third-order valence-electron chi connectivity index (χ3n) is 4.62. The predicted molar refractivity (Wildman–Crippen MR) is 117 cm³/mol. The first-order valence-corrected chi connectivity index (χ1v) is 10.8. The highest BCUT2D eigenvalue weighted by Crippen LogP contribution is 2.33. The Balaban J connectivity index is 0.000000351. The van der Waals surface area contributed by atoms with Crippen molar-refractivity contribution in [2.45, 2.75) is 83.6 Å². The van der Waals surface area contributed by atoms with Crippen molar-refractivity contribution in [3.63, 3.8) is 0 Å². The van der Waals surface area contributed by atoms with Crippen molar-refractivity contribution < 1.29 is 51.7 Å². The van der Waals surface area contributed by atoms with Gasteiger partial charge in [-0.1, -0.05) is 0 Å². The minimum Gasteiger partial charge on any atom is -0.467 e. The second-order valence-corrected chi connectivity index (χ2v) is 10.1. The molecule has 2 rings (SSSR count). The first-order valence-electron chi connectivity index (χ1n) is 10.8. The second-order valence-electron chi connectivity index (χ2n) is 10.1. The lowest BCUT2D eigenvalue weighted by molar-refractivity contribution is -0.146.